The van der Waals surface area contributed by atoms with Gasteiger partial charge in [0.25, 0.3) is 0 Å². The van der Waals surface area contributed by atoms with Gasteiger partial charge in [0.1, 0.15) is 11.6 Å². The Balaban J connectivity index is 0.00000232. The van der Waals surface area contributed by atoms with E-state index in [1.807, 2.05) is 19.1 Å². The van der Waals surface area contributed by atoms with Crippen molar-refractivity contribution < 1.29 is 28.6 Å². The SMILES string of the molecule is CCCCC(O)CCC(=O)NC(Cc1cc(F)cc(F)c1)C(O)CNCc1cccc(CC)c1.CN.CNC=O. The maximum atomic E-state index is 13.7. The van der Waals surface area contributed by atoms with Crippen molar-refractivity contribution in [1.82, 2.24) is 16.0 Å². The number of carbonyl (C=O) groups excluding carboxylic acids is 2. The van der Waals surface area contributed by atoms with E-state index >= 15 is 0 Å². The van der Waals surface area contributed by atoms with Gasteiger partial charge in [-0.25, -0.2) is 8.78 Å². The second-order valence-electron chi connectivity index (χ2n) is 9.27. The fourth-order valence-corrected chi connectivity index (χ4v) is 3.89. The summed E-state index contributed by atoms with van der Waals surface area (Å²) in [7, 11) is 3.06. The molecular weight excluding hydrogens is 518 g/mol. The molecule has 0 radical (unpaired) electrons. The summed E-state index contributed by atoms with van der Waals surface area (Å²) in [5, 5.41) is 29.1. The third kappa shape index (κ3) is 16.9. The van der Waals surface area contributed by atoms with E-state index in [1.54, 1.807) is 7.05 Å². The first-order chi connectivity index (χ1) is 19.2. The Morgan fingerprint density at radius 2 is 1.62 bits per heavy atom. The van der Waals surface area contributed by atoms with Crippen LogP contribution in [0.4, 0.5) is 8.78 Å². The van der Waals surface area contributed by atoms with Gasteiger partial charge >= 0.3 is 0 Å². The zero-order chi connectivity index (χ0) is 30.3. The minimum atomic E-state index is -0.977. The van der Waals surface area contributed by atoms with Gasteiger partial charge in [-0.15, -0.1) is 0 Å². The summed E-state index contributed by atoms with van der Waals surface area (Å²) < 4.78 is 27.4. The largest absolute Gasteiger partial charge is 0.393 e. The third-order valence-electron chi connectivity index (χ3n) is 5.98. The molecule has 0 saturated heterocycles. The van der Waals surface area contributed by atoms with Crippen molar-refractivity contribution in [2.24, 2.45) is 5.73 Å². The molecule has 226 valence electrons. The maximum Gasteiger partial charge on any atom is 0.220 e. The van der Waals surface area contributed by atoms with E-state index in [4.69, 9.17) is 4.79 Å². The molecular formula is C30H48F2N4O4. The summed E-state index contributed by atoms with van der Waals surface area (Å²) >= 11 is 0. The number of nitrogens with two attached hydrogens (primary N) is 1. The van der Waals surface area contributed by atoms with E-state index in [2.05, 4.69) is 40.7 Å². The van der Waals surface area contributed by atoms with Crippen LogP contribution in [0.5, 0.6) is 0 Å². The number of hydrogen-bond acceptors (Lipinski definition) is 6. The van der Waals surface area contributed by atoms with Crippen LogP contribution in [0.15, 0.2) is 42.5 Å². The minimum absolute atomic E-state index is 0.0764. The van der Waals surface area contributed by atoms with Crippen molar-refractivity contribution >= 4 is 12.3 Å². The molecule has 40 heavy (non-hydrogen) atoms. The Morgan fingerprint density at radius 1 is 1.00 bits per heavy atom. The molecule has 2 aromatic rings. The molecule has 0 saturated carbocycles. The molecule has 3 unspecified atom stereocenters. The van der Waals surface area contributed by atoms with Gasteiger partial charge in [0.15, 0.2) is 0 Å². The molecule has 7 N–H and O–H groups in total. The number of unbranched alkanes of at least 4 members (excludes halogenated alkanes) is 1. The van der Waals surface area contributed by atoms with Crippen LogP contribution in [0.25, 0.3) is 0 Å². The highest BCUT2D eigenvalue weighted by atomic mass is 19.1. The number of aliphatic hydroxyl groups is 2. The summed E-state index contributed by atoms with van der Waals surface area (Å²) in [6, 6.07) is 10.6. The Morgan fingerprint density at radius 3 is 2.20 bits per heavy atom. The highest BCUT2D eigenvalue weighted by Crippen LogP contribution is 2.13. The second-order valence-corrected chi connectivity index (χ2v) is 9.27. The van der Waals surface area contributed by atoms with Crippen LogP contribution in [-0.4, -0.2) is 61.4 Å². The number of nitrogens with one attached hydrogen (secondary N) is 3. The van der Waals surface area contributed by atoms with Gasteiger partial charge in [-0.1, -0.05) is 51.0 Å². The minimum Gasteiger partial charge on any atom is -0.393 e. The highest BCUT2D eigenvalue weighted by Gasteiger charge is 2.22. The number of amides is 2. The zero-order valence-corrected chi connectivity index (χ0v) is 24.3. The van der Waals surface area contributed by atoms with Crippen molar-refractivity contribution in [3.8, 4) is 0 Å². The molecule has 0 aliphatic heterocycles. The number of carbonyl (C=O) groups is 2. The molecule has 3 atom stereocenters. The molecule has 2 aromatic carbocycles. The highest BCUT2D eigenvalue weighted by molar-refractivity contribution is 5.76. The van der Waals surface area contributed by atoms with Gasteiger partial charge < -0.3 is 31.9 Å². The third-order valence-corrected chi connectivity index (χ3v) is 5.98. The van der Waals surface area contributed by atoms with Crippen LogP contribution in [-0.2, 0) is 29.0 Å². The van der Waals surface area contributed by atoms with Crippen LogP contribution in [0.2, 0.25) is 0 Å². The first kappa shape index (κ1) is 37.1. The summed E-state index contributed by atoms with van der Waals surface area (Å²) in [5.41, 5.74) is 7.15. The van der Waals surface area contributed by atoms with Gasteiger partial charge in [0.2, 0.25) is 12.3 Å². The zero-order valence-electron chi connectivity index (χ0n) is 24.3. The second kappa shape index (κ2) is 22.9. The van der Waals surface area contributed by atoms with Gasteiger partial charge in [0.05, 0.1) is 18.2 Å². The van der Waals surface area contributed by atoms with Crippen LogP contribution in [0.1, 0.15) is 62.6 Å². The monoisotopic (exact) mass is 566 g/mol. The van der Waals surface area contributed by atoms with Gasteiger partial charge in [0, 0.05) is 32.6 Å². The molecule has 0 aliphatic rings. The Labute approximate surface area is 237 Å². The summed E-state index contributed by atoms with van der Waals surface area (Å²) in [4.78, 5) is 21.6. The summed E-state index contributed by atoms with van der Waals surface area (Å²) in [5.74, 6) is -1.72. The molecule has 0 aromatic heterocycles. The van der Waals surface area contributed by atoms with Crippen molar-refractivity contribution in [3.63, 3.8) is 0 Å². The number of hydrogen-bond donors (Lipinski definition) is 6. The van der Waals surface area contributed by atoms with E-state index in [9.17, 15) is 23.8 Å². The number of benzene rings is 2. The van der Waals surface area contributed by atoms with Crippen molar-refractivity contribution in [2.45, 2.75) is 83.6 Å². The first-order valence-corrected chi connectivity index (χ1v) is 13.8. The van der Waals surface area contributed by atoms with Gasteiger partial charge in [-0.05, 0) is 61.6 Å². The van der Waals surface area contributed by atoms with Crippen molar-refractivity contribution in [3.05, 3.63) is 70.8 Å². The lowest BCUT2D eigenvalue weighted by Gasteiger charge is -2.25. The number of aliphatic hydroxyl groups excluding tert-OH is 2. The molecule has 0 heterocycles. The fraction of sp³-hybridized carbons (Fsp3) is 0.533. The lowest BCUT2D eigenvalue weighted by atomic mass is 10.00. The standard InChI is InChI=1S/C27H38F2N2O3.C2H5NO.CH5N/c1-3-5-9-24(32)10-11-27(34)31-25(15-21-13-22(28)16-23(29)14-21)26(33)18-30-17-20-8-6-7-19(4-2)12-20;1-3-2-4;1-2/h6-8,12-14,16,24-26,30,32-33H,3-5,9-11,15,17-18H2,1-2H3,(H,31,34);2H,1H3,(H,3,4);2H2,1H3. The Bertz CT molecular complexity index is 945. The molecule has 2 amide bonds. The number of aryl methyl sites for hydroxylation is 1. The molecule has 8 nitrogen and oxygen atoms in total. The lowest BCUT2D eigenvalue weighted by Crippen LogP contribution is -2.48. The molecule has 2 rings (SSSR count). The first-order valence-electron chi connectivity index (χ1n) is 13.8. The van der Waals surface area contributed by atoms with E-state index in [0.717, 1.165) is 30.9 Å². The maximum absolute atomic E-state index is 13.7. The normalized spacial score (nSPS) is 12.5. The van der Waals surface area contributed by atoms with Crippen LogP contribution < -0.4 is 21.7 Å². The van der Waals surface area contributed by atoms with Crippen LogP contribution in [0.3, 0.4) is 0 Å². The predicted molar refractivity (Wildman–Crippen MR) is 156 cm³/mol. The average molecular weight is 567 g/mol. The van der Waals surface area contributed by atoms with Crippen molar-refractivity contribution in [2.75, 3.05) is 20.6 Å². The van der Waals surface area contributed by atoms with Crippen molar-refractivity contribution in [1.29, 1.82) is 0 Å². The molecule has 0 bridgehead atoms. The number of rotatable bonds is 16. The van der Waals surface area contributed by atoms with Gasteiger partial charge in [-0.2, -0.15) is 0 Å². The molecule has 0 aliphatic carbocycles. The summed E-state index contributed by atoms with van der Waals surface area (Å²) in [6.07, 6.45) is 3.05. The Kier molecular flexibility index (Phi) is 21.2. The van der Waals surface area contributed by atoms with E-state index in [1.165, 1.54) is 24.7 Å². The molecule has 10 heteroatoms. The van der Waals surface area contributed by atoms with Crippen LogP contribution in [0, 0.1) is 11.6 Å². The molecule has 0 fully saturated rings. The van der Waals surface area contributed by atoms with Gasteiger partial charge in [-0.3, -0.25) is 9.59 Å². The van der Waals surface area contributed by atoms with Crippen LogP contribution >= 0.6 is 0 Å². The van der Waals surface area contributed by atoms with E-state index < -0.39 is 29.9 Å². The number of halogens is 2. The Hall–Kier alpha value is -2.92. The van der Waals surface area contributed by atoms with E-state index in [-0.39, 0.29) is 25.3 Å². The summed E-state index contributed by atoms with van der Waals surface area (Å²) in [6.45, 7) is 4.86. The quantitative estimate of drug-likeness (QED) is 0.173. The predicted octanol–water partition coefficient (Wildman–Crippen LogP) is 2.97. The van der Waals surface area contributed by atoms with E-state index in [0.29, 0.717) is 31.4 Å². The average Bonchev–Trinajstić information content (AvgIpc) is 2.95. The molecule has 0 spiro atoms. The lowest BCUT2D eigenvalue weighted by molar-refractivity contribution is -0.123. The fourth-order valence-electron chi connectivity index (χ4n) is 3.89. The topological polar surface area (TPSA) is 137 Å². The smallest absolute Gasteiger partial charge is 0.220 e.